The van der Waals surface area contributed by atoms with E-state index in [2.05, 4.69) is 10.3 Å². The summed E-state index contributed by atoms with van der Waals surface area (Å²) in [5.41, 5.74) is 0.428. The van der Waals surface area contributed by atoms with Gasteiger partial charge >= 0.3 is 5.97 Å². The highest BCUT2D eigenvalue weighted by Gasteiger charge is 2.25. The maximum atomic E-state index is 11.2. The molecule has 0 amide bonds. The number of rotatable bonds is 2. The van der Waals surface area contributed by atoms with E-state index >= 15 is 0 Å². The van der Waals surface area contributed by atoms with E-state index in [1.54, 1.807) is 10.6 Å². The highest BCUT2D eigenvalue weighted by molar-refractivity contribution is 5.94. The Hall–Kier alpha value is -2.08. The number of aromatic nitrogens is 2. The van der Waals surface area contributed by atoms with Crippen LogP contribution in [0.25, 0.3) is 5.52 Å². The number of carbonyl (C=O) groups is 1. The zero-order valence-electron chi connectivity index (χ0n) is 9.63. The van der Waals surface area contributed by atoms with E-state index in [9.17, 15) is 9.90 Å². The molecule has 2 aromatic rings. The normalized spacial score (nSPS) is 19.4. The fourth-order valence-corrected chi connectivity index (χ4v) is 2.42. The van der Waals surface area contributed by atoms with Crippen LogP contribution in [0.2, 0.25) is 0 Å². The zero-order valence-corrected chi connectivity index (χ0v) is 9.63. The number of imidazole rings is 1. The van der Waals surface area contributed by atoms with Crippen molar-refractivity contribution in [2.45, 2.75) is 12.3 Å². The molecular weight excluding hydrogens is 234 g/mol. The number of pyridine rings is 1. The van der Waals surface area contributed by atoms with Gasteiger partial charge in [0.2, 0.25) is 0 Å². The number of nitrogens with one attached hydrogen (secondary N) is 1. The predicted molar refractivity (Wildman–Crippen MR) is 64.0 cm³/mol. The lowest BCUT2D eigenvalue weighted by Crippen LogP contribution is -2.10. The minimum absolute atomic E-state index is 0.00667. The smallest absolute Gasteiger partial charge is 0.356 e. The van der Waals surface area contributed by atoms with Crippen molar-refractivity contribution in [1.29, 1.82) is 0 Å². The number of aromatic hydroxyl groups is 1. The summed E-state index contributed by atoms with van der Waals surface area (Å²) in [6, 6.07) is 2.97. The first-order valence-electron chi connectivity index (χ1n) is 5.82. The molecule has 3 heterocycles. The van der Waals surface area contributed by atoms with Crippen LogP contribution >= 0.6 is 0 Å². The standard InChI is InChI=1S/C12H13N3O3/c16-8-2-4-15-9(5-8)10(12(17)18)14-11(15)7-1-3-13-6-7/h2,4-5,7,13,16H,1,3,6H2,(H,17,18). The second-order valence-electron chi connectivity index (χ2n) is 4.45. The Labute approximate surface area is 103 Å². The molecule has 1 atom stereocenters. The first-order valence-corrected chi connectivity index (χ1v) is 5.82. The third-order valence-corrected chi connectivity index (χ3v) is 3.28. The van der Waals surface area contributed by atoms with Crippen LogP contribution in [0.15, 0.2) is 18.3 Å². The van der Waals surface area contributed by atoms with Gasteiger partial charge in [-0.25, -0.2) is 9.78 Å². The lowest BCUT2D eigenvalue weighted by Gasteiger charge is -2.06. The molecule has 1 fully saturated rings. The van der Waals surface area contributed by atoms with Gasteiger partial charge < -0.3 is 19.9 Å². The summed E-state index contributed by atoms with van der Waals surface area (Å²) in [4.78, 5) is 15.4. The molecule has 1 saturated heterocycles. The van der Waals surface area contributed by atoms with Crippen LogP contribution in [0, 0.1) is 0 Å². The molecule has 0 radical (unpaired) electrons. The second kappa shape index (κ2) is 3.99. The topological polar surface area (TPSA) is 86.9 Å². The largest absolute Gasteiger partial charge is 0.508 e. The molecule has 1 unspecified atom stereocenters. The van der Waals surface area contributed by atoms with Crippen LogP contribution in [-0.4, -0.2) is 38.7 Å². The fraction of sp³-hybridized carbons (Fsp3) is 0.333. The molecule has 1 aliphatic heterocycles. The van der Waals surface area contributed by atoms with Crippen molar-refractivity contribution in [3.05, 3.63) is 29.8 Å². The Morgan fingerprint density at radius 2 is 2.39 bits per heavy atom. The van der Waals surface area contributed by atoms with E-state index in [0.29, 0.717) is 5.52 Å². The van der Waals surface area contributed by atoms with E-state index in [-0.39, 0.29) is 17.4 Å². The van der Waals surface area contributed by atoms with Crippen LogP contribution < -0.4 is 5.32 Å². The van der Waals surface area contributed by atoms with E-state index in [1.807, 2.05) is 0 Å². The van der Waals surface area contributed by atoms with Crippen LogP contribution in [0.4, 0.5) is 0 Å². The summed E-state index contributed by atoms with van der Waals surface area (Å²) in [6.07, 6.45) is 2.61. The molecule has 2 aromatic heterocycles. The first-order chi connectivity index (χ1) is 8.66. The average Bonchev–Trinajstić information content (AvgIpc) is 2.93. The van der Waals surface area contributed by atoms with Crippen molar-refractivity contribution in [1.82, 2.24) is 14.7 Å². The number of nitrogens with zero attached hydrogens (tertiary/aromatic N) is 2. The van der Waals surface area contributed by atoms with Crippen LogP contribution in [0.3, 0.4) is 0 Å². The lowest BCUT2D eigenvalue weighted by molar-refractivity contribution is 0.0693. The summed E-state index contributed by atoms with van der Waals surface area (Å²) < 4.78 is 1.75. The molecule has 6 heteroatoms. The molecule has 94 valence electrons. The van der Waals surface area contributed by atoms with Gasteiger partial charge in [0.25, 0.3) is 0 Å². The summed E-state index contributed by atoms with van der Waals surface area (Å²) >= 11 is 0. The Kier molecular flexibility index (Phi) is 2.45. The minimum Gasteiger partial charge on any atom is -0.508 e. The molecule has 3 rings (SSSR count). The highest BCUT2D eigenvalue weighted by Crippen LogP contribution is 2.26. The Bertz CT molecular complexity index is 614. The van der Waals surface area contributed by atoms with Gasteiger partial charge in [-0.1, -0.05) is 0 Å². The molecule has 6 nitrogen and oxygen atoms in total. The molecule has 0 aromatic carbocycles. The fourth-order valence-electron chi connectivity index (χ4n) is 2.42. The molecular formula is C12H13N3O3. The summed E-state index contributed by atoms with van der Waals surface area (Å²) in [5, 5.41) is 21.9. The van der Waals surface area contributed by atoms with Gasteiger partial charge in [-0.05, 0) is 19.0 Å². The van der Waals surface area contributed by atoms with Gasteiger partial charge in [-0.2, -0.15) is 0 Å². The molecule has 0 bridgehead atoms. The monoisotopic (exact) mass is 247 g/mol. The maximum absolute atomic E-state index is 11.2. The van der Waals surface area contributed by atoms with Gasteiger partial charge in [0.1, 0.15) is 11.6 Å². The van der Waals surface area contributed by atoms with Crippen molar-refractivity contribution < 1.29 is 15.0 Å². The van der Waals surface area contributed by atoms with Gasteiger partial charge in [-0.3, -0.25) is 0 Å². The van der Waals surface area contributed by atoms with E-state index < -0.39 is 5.97 Å². The van der Waals surface area contributed by atoms with Crippen molar-refractivity contribution in [2.24, 2.45) is 0 Å². The van der Waals surface area contributed by atoms with Gasteiger partial charge in [0, 0.05) is 24.7 Å². The summed E-state index contributed by atoms with van der Waals surface area (Å²) in [5.74, 6) is -0.0705. The Morgan fingerprint density at radius 3 is 3.06 bits per heavy atom. The van der Waals surface area contributed by atoms with E-state index in [0.717, 1.165) is 25.3 Å². The SMILES string of the molecule is O=C(O)c1nc(C2CCNC2)n2ccc(O)cc12. The number of aromatic carboxylic acids is 1. The Balaban J connectivity index is 2.22. The predicted octanol–water partition coefficient (Wildman–Crippen LogP) is 0.815. The van der Waals surface area contributed by atoms with Crippen molar-refractivity contribution in [3.63, 3.8) is 0 Å². The van der Waals surface area contributed by atoms with E-state index in [4.69, 9.17) is 5.11 Å². The summed E-state index contributed by atoms with van der Waals surface area (Å²) in [6.45, 7) is 1.72. The molecule has 3 N–H and O–H groups in total. The third kappa shape index (κ3) is 1.62. The summed E-state index contributed by atoms with van der Waals surface area (Å²) in [7, 11) is 0. The molecule has 0 saturated carbocycles. The average molecular weight is 247 g/mol. The Morgan fingerprint density at radius 1 is 1.56 bits per heavy atom. The van der Waals surface area contributed by atoms with Crippen LogP contribution in [-0.2, 0) is 0 Å². The molecule has 0 aliphatic carbocycles. The number of carboxylic acid groups (broad SMARTS) is 1. The van der Waals surface area contributed by atoms with Crippen molar-refractivity contribution in [2.75, 3.05) is 13.1 Å². The first kappa shape index (κ1) is 11.0. The van der Waals surface area contributed by atoms with Gasteiger partial charge in [0.05, 0.1) is 5.52 Å². The number of hydrogen-bond donors (Lipinski definition) is 3. The van der Waals surface area contributed by atoms with Crippen molar-refractivity contribution >= 4 is 11.5 Å². The van der Waals surface area contributed by atoms with Gasteiger partial charge in [-0.15, -0.1) is 0 Å². The number of fused-ring (bicyclic) bond motifs is 1. The molecule has 0 spiro atoms. The number of carboxylic acids is 1. The van der Waals surface area contributed by atoms with E-state index in [1.165, 1.54) is 12.1 Å². The third-order valence-electron chi connectivity index (χ3n) is 3.28. The lowest BCUT2D eigenvalue weighted by atomic mass is 10.1. The number of hydrogen-bond acceptors (Lipinski definition) is 4. The van der Waals surface area contributed by atoms with Crippen molar-refractivity contribution in [3.8, 4) is 5.75 Å². The van der Waals surface area contributed by atoms with Crippen LogP contribution in [0.1, 0.15) is 28.7 Å². The van der Waals surface area contributed by atoms with Crippen LogP contribution in [0.5, 0.6) is 5.75 Å². The highest BCUT2D eigenvalue weighted by atomic mass is 16.4. The quantitative estimate of drug-likeness (QED) is 0.731. The minimum atomic E-state index is -1.07. The molecule has 18 heavy (non-hydrogen) atoms. The molecule has 1 aliphatic rings. The second-order valence-corrected chi connectivity index (χ2v) is 4.45. The van der Waals surface area contributed by atoms with Gasteiger partial charge in [0.15, 0.2) is 5.69 Å². The maximum Gasteiger partial charge on any atom is 0.356 e. The zero-order chi connectivity index (χ0) is 12.7.